The predicted molar refractivity (Wildman–Crippen MR) is 92.2 cm³/mol. The number of nitrogens with two attached hydrogens (primary N) is 1. The number of likely N-dealkylation sites (tertiary alicyclic amines) is 1. The molecule has 6 nitrogen and oxygen atoms in total. The average Bonchev–Trinajstić information content (AvgIpc) is 2.46. The molecule has 0 amide bonds. The normalized spacial score (nSPS) is 23.2. The van der Waals surface area contributed by atoms with E-state index in [1.165, 1.54) is 4.31 Å². The van der Waals surface area contributed by atoms with Gasteiger partial charge >= 0.3 is 0 Å². The fraction of sp³-hybridized carbons (Fsp3) is 0.571. The van der Waals surface area contributed by atoms with Gasteiger partial charge in [0.05, 0.1) is 21.7 Å². The number of morpholine rings is 1. The molecule has 1 aromatic carbocycles. The summed E-state index contributed by atoms with van der Waals surface area (Å²) in [6, 6.07) is 7.20. The fourth-order valence-electron chi connectivity index (χ4n) is 2.81. The molecule has 2 N–H and O–H groups in total. The molecule has 0 spiro atoms. The zero-order valence-electron chi connectivity index (χ0n) is 12.2. The number of sulfonamides is 1. The number of halogens is 1. The smallest absolute Gasteiger partial charge is 0.243 e. The molecule has 2 saturated heterocycles. The van der Waals surface area contributed by atoms with Gasteiger partial charge < -0.3 is 10.5 Å². The molecule has 0 aromatic heterocycles. The Morgan fingerprint density at radius 2 is 1.95 bits per heavy atom. The third-order valence-electron chi connectivity index (χ3n) is 3.89. The fourth-order valence-corrected chi connectivity index (χ4v) is 5.25. The van der Waals surface area contributed by atoms with Gasteiger partial charge in [-0.1, -0.05) is 34.7 Å². The lowest BCUT2D eigenvalue weighted by Gasteiger charge is -2.43. The van der Waals surface area contributed by atoms with Gasteiger partial charge in [0.15, 0.2) is 0 Å². The Bertz CT molecular complexity index is 636. The molecule has 122 valence electrons. The van der Waals surface area contributed by atoms with Crippen molar-refractivity contribution >= 4 is 32.6 Å². The Hall–Kier alpha value is -0.260. The highest BCUT2D eigenvalue weighted by atomic mass is 127. The topological polar surface area (TPSA) is 75.9 Å². The van der Waals surface area contributed by atoms with Gasteiger partial charge in [-0.15, -0.1) is 0 Å². The molecule has 0 saturated carbocycles. The van der Waals surface area contributed by atoms with Crippen LogP contribution in [0, 0.1) is 0 Å². The Morgan fingerprint density at radius 3 is 2.59 bits per heavy atom. The molecule has 0 bridgehead atoms. The first-order valence-corrected chi connectivity index (χ1v) is 9.76. The van der Waals surface area contributed by atoms with Gasteiger partial charge in [-0.25, -0.2) is 8.42 Å². The third-order valence-corrected chi connectivity index (χ3v) is 6.46. The second-order valence-electron chi connectivity index (χ2n) is 5.84. The van der Waals surface area contributed by atoms with E-state index >= 15 is 0 Å². The lowest BCUT2D eigenvalue weighted by Crippen LogP contribution is -2.62. The van der Waals surface area contributed by atoms with E-state index in [0.717, 1.165) is 25.2 Å². The monoisotopic (exact) mass is 437 g/mol. The van der Waals surface area contributed by atoms with Gasteiger partial charge in [0.1, 0.15) is 0 Å². The number of alkyl halides is 1. The first-order valence-electron chi connectivity index (χ1n) is 7.24. The predicted octanol–water partition coefficient (Wildman–Crippen LogP) is 0.613. The molecule has 22 heavy (non-hydrogen) atoms. The maximum absolute atomic E-state index is 12.6. The summed E-state index contributed by atoms with van der Waals surface area (Å²) in [5, 5.41) is 0. The Morgan fingerprint density at radius 1 is 1.27 bits per heavy atom. The van der Waals surface area contributed by atoms with Crippen LogP contribution in [-0.2, 0) is 21.3 Å². The molecule has 0 atom stereocenters. The molecule has 2 aliphatic heterocycles. The minimum atomic E-state index is -3.42. The summed E-state index contributed by atoms with van der Waals surface area (Å²) in [6.07, 6.45) is 0. The Labute approximate surface area is 144 Å². The van der Waals surface area contributed by atoms with E-state index in [1.54, 1.807) is 12.1 Å². The summed E-state index contributed by atoms with van der Waals surface area (Å²) < 4.78 is 31.9. The van der Waals surface area contributed by atoms with Crippen molar-refractivity contribution in [2.45, 2.75) is 15.0 Å². The van der Waals surface area contributed by atoms with Crippen molar-refractivity contribution < 1.29 is 13.2 Å². The van der Waals surface area contributed by atoms with Crippen molar-refractivity contribution in [1.82, 2.24) is 9.21 Å². The van der Waals surface area contributed by atoms with Gasteiger partial charge in [0, 0.05) is 32.7 Å². The summed E-state index contributed by atoms with van der Waals surface area (Å²) >= 11 is 2.26. The quantitative estimate of drug-likeness (QED) is 0.425. The molecule has 2 fully saturated rings. The van der Waals surface area contributed by atoms with E-state index in [2.05, 4.69) is 27.5 Å². The number of nitrogens with zero attached hydrogens (tertiary/aromatic N) is 2. The molecule has 0 radical (unpaired) electrons. The number of hydrogen-bond acceptors (Lipinski definition) is 5. The summed E-state index contributed by atoms with van der Waals surface area (Å²) in [6.45, 7) is 4.14. The number of rotatable bonds is 4. The molecule has 8 heteroatoms. The SMILES string of the molecule is NC1(I)CN(Cc2cccc(S(=O)(=O)N3CCOCC3)c2)C1. The van der Waals surface area contributed by atoms with Crippen molar-refractivity contribution in [2.75, 3.05) is 39.4 Å². The van der Waals surface area contributed by atoms with E-state index in [9.17, 15) is 8.42 Å². The van der Waals surface area contributed by atoms with Gasteiger partial charge in [-0.05, 0) is 17.7 Å². The lowest BCUT2D eigenvalue weighted by atomic mass is 10.1. The molecule has 1 aromatic rings. The summed E-state index contributed by atoms with van der Waals surface area (Å²) in [7, 11) is -3.42. The number of hydrogen-bond donors (Lipinski definition) is 1. The highest BCUT2D eigenvalue weighted by molar-refractivity contribution is 14.1. The van der Waals surface area contributed by atoms with Crippen LogP contribution < -0.4 is 5.73 Å². The molecule has 3 rings (SSSR count). The van der Waals surface area contributed by atoms with Gasteiger partial charge in [0.2, 0.25) is 10.0 Å². The zero-order chi connectivity index (χ0) is 15.8. The van der Waals surface area contributed by atoms with E-state index in [-0.39, 0.29) is 3.55 Å². The van der Waals surface area contributed by atoms with Crippen LogP contribution in [-0.4, -0.2) is 60.6 Å². The Kier molecular flexibility index (Phi) is 4.77. The second kappa shape index (κ2) is 6.33. The highest BCUT2D eigenvalue weighted by Crippen LogP contribution is 2.27. The molecule has 0 unspecified atom stereocenters. The third kappa shape index (κ3) is 3.62. The van der Waals surface area contributed by atoms with Crippen LogP contribution in [0.25, 0.3) is 0 Å². The van der Waals surface area contributed by atoms with Gasteiger partial charge in [0.25, 0.3) is 0 Å². The number of ether oxygens (including phenoxy) is 1. The van der Waals surface area contributed by atoms with Crippen LogP contribution in [0.4, 0.5) is 0 Å². The standard InChI is InChI=1S/C14H20IN3O3S/c15-14(16)10-17(11-14)9-12-2-1-3-13(8-12)22(19,20)18-4-6-21-7-5-18/h1-3,8H,4-7,9-11,16H2. The molecular weight excluding hydrogens is 417 g/mol. The lowest BCUT2D eigenvalue weighted by molar-refractivity contribution is 0.0730. The zero-order valence-corrected chi connectivity index (χ0v) is 15.2. The second-order valence-corrected chi connectivity index (χ2v) is 9.93. The summed E-state index contributed by atoms with van der Waals surface area (Å²) in [5.74, 6) is 0. The van der Waals surface area contributed by atoms with Crippen LogP contribution >= 0.6 is 22.6 Å². The van der Waals surface area contributed by atoms with Crippen LogP contribution in [0.15, 0.2) is 29.2 Å². The van der Waals surface area contributed by atoms with E-state index < -0.39 is 10.0 Å². The first-order chi connectivity index (χ1) is 10.4. The molecule has 0 aliphatic carbocycles. The summed E-state index contributed by atoms with van der Waals surface area (Å²) in [5.41, 5.74) is 6.99. The first kappa shape index (κ1) is 16.6. The van der Waals surface area contributed by atoms with Crippen molar-refractivity contribution in [3.63, 3.8) is 0 Å². The average molecular weight is 437 g/mol. The number of benzene rings is 1. The van der Waals surface area contributed by atoms with Crippen molar-refractivity contribution in [3.8, 4) is 0 Å². The van der Waals surface area contributed by atoms with Crippen molar-refractivity contribution in [3.05, 3.63) is 29.8 Å². The Balaban J connectivity index is 1.73. The molecule has 2 heterocycles. The van der Waals surface area contributed by atoms with E-state index in [0.29, 0.717) is 31.2 Å². The van der Waals surface area contributed by atoms with E-state index in [1.807, 2.05) is 12.1 Å². The summed E-state index contributed by atoms with van der Waals surface area (Å²) in [4.78, 5) is 2.58. The highest BCUT2D eigenvalue weighted by Gasteiger charge is 2.36. The van der Waals surface area contributed by atoms with Crippen molar-refractivity contribution in [1.29, 1.82) is 0 Å². The van der Waals surface area contributed by atoms with Gasteiger partial charge in [-0.2, -0.15) is 4.31 Å². The molecule has 2 aliphatic rings. The van der Waals surface area contributed by atoms with Gasteiger partial charge in [-0.3, -0.25) is 4.90 Å². The maximum Gasteiger partial charge on any atom is 0.243 e. The van der Waals surface area contributed by atoms with Crippen LogP contribution in [0.5, 0.6) is 0 Å². The minimum absolute atomic E-state index is 0.144. The van der Waals surface area contributed by atoms with Crippen molar-refractivity contribution in [2.24, 2.45) is 5.73 Å². The maximum atomic E-state index is 12.6. The minimum Gasteiger partial charge on any atom is -0.379 e. The largest absolute Gasteiger partial charge is 0.379 e. The van der Waals surface area contributed by atoms with E-state index in [4.69, 9.17) is 10.5 Å². The van der Waals surface area contributed by atoms with Crippen LogP contribution in [0.3, 0.4) is 0 Å². The molecular formula is C14H20IN3O3S. The van der Waals surface area contributed by atoms with Crippen LogP contribution in [0.2, 0.25) is 0 Å². The van der Waals surface area contributed by atoms with Crippen LogP contribution in [0.1, 0.15) is 5.56 Å².